The second-order valence-corrected chi connectivity index (χ2v) is 6.08. The lowest BCUT2D eigenvalue weighted by Gasteiger charge is -2.38. The molecule has 1 aliphatic heterocycles. The summed E-state index contributed by atoms with van der Waals surface area (Å²) in [5.74, 6) is 0. The molecular weight excluding hydrogens is 258 g/mol. The van der Waals surface area contributed by atoms with Crippen LogP contribution < -0.4 is 10.2 Å². The van der Waals surface area contributed by atoms with Gasteiger partial charge in [-0.25, -0.2) is 0 Å². The van der Waals surface area contributed by atoms with Gasteiger partial charge < -0.3 is 15.1 Å². The van der Waals surface area contributed by atoms with E-state index >= 15 is 0 Å². The van der Waals surface area contributed by atoms with E-state index in [9.17, 15) is 0 Å². The van der Waals surface area contributed by atoms with Gasteiger partial charge in [0.25, 0.3) is 0 Å². The lowest BCUT2D eigenvalue weighted by Crippen LogP contribution is -2.43. The van der Waals surface area contributed by atoms with Crippen molar-refractivity contribution < 1.29 is 0 Å². The van der Waals surface area contributed by atoms with Gasteiger partial charge >= 0.3 is 0 Å². The van der Waals surface area contributed by atoms with Gasteiger partial charge in [-0.1, -0.05) is 32.0 Å². The largest absolute Gasteiger partial charge is 0.371 e. The number of anilines is 1. The van der Waals surface area contributed by atoms with Crippen LogP contribution >= 0.6 is 0 Å². The fraction of sp³-hybridized carbons (Fsp3) is 0.667. The van der Waals surface area contributed by atoms with Crippen LogP contribution in [0.2, 0.25) is 0 Å². The molecule has 0 amide bonds. The van der Waals surface area contributed by atoms with Crippen molar-refractivity contribution in [2.75, 3.05) is 38.1 Å². The predicted molar refractivity (Wildman–Crippen MR) is 92.0 cm³/mol. The Labute approximate surface area is 130 Å². The summed E-state index contributed by atoms with van der Waals surface area (Å²) in [6.45, 7) is 10.2. The smallest absolute Gasteiger partial charge is 0.0411 e. The van der Waals surface area contributed by atoms with Crippen molar-refractivity contribution in [1.82, 2.24) is 10.2 Å². The molecule has 0 radical (unpaired) electrons. The maximum atomic E-state index is 3.53. The molecule has 0 atom stereocenters. The van der Waals surface area contributed by atoms with Gasteiger partial charge in [-0.3, -0.25) is 0 Å². The molecule has 3 heteroatoms. The quantitative estimate of drug-likeness (QED) is 0.778. The number of hydrogen-bond donors (Lipinski definition) is 1. The highest BCUT2D eigenvalue weighted by Gasteiger charge is 2.22. The molecule has 2 rings (SSSR count). The molecule has 1 aliphatic rings. The second kappa shape index (κ2) is 8.40. The third-order valence-corrected chi connectivity index (χ3v) is 4.67. The first-order chi connectivity index (χ1) is 10.3. The van der Waals surface area contributed by atoms with Crippen LogP contribution in [0.1, 0.15) is 38.7 Å². The summed E-state index contributed by atoms with van der Waals surface area (Å²) < 4.78 is 0. The van der Waals surface area contributed by atoms with Gasteiger partial charge in [0.2, 0.25) is 0 Å². The van der Waals surface area contributed by atoms with Crippen molar-refractivity contribution in [1.29, 1.82) is 0 Å². The van der Waals surface area contributed by atoms with E-state index in [1.165, 1.54) is 50.1 Å². The zero-order valence-corrected chi connectivity index (χ0v) is 13.9. The van der Waals surface area contributed by atoms with Crippen LogP contribution in [-0.2, 0) is 6.54 Å². The number of benzene rings is 1. The maximum Gasteiger partial charge on any atom is 0.0411 e. The summed E-state index contributed by atoms with van der Waals surface area (Å²) in [4.78, 5) is 5.06. The van der Waals surface area contributed by atoms with Crippen molar-refractivity contribution in [2.24, 2.45) is 0 Å². The van der Waals surface area contributed by atoms with Gasteiger partial charge in [-0.05, 0) is 44.0 Å². The molecule has 0 bridgehead atoms. The van der Waals surface area contributed by atoms with E-state index < -0.39 is 0 Å². The number of para-hydroxylation sites is 1. The van der Waals surface area contributed by atoms with Gasteiger partial charge in [0.05, 0.1) is 0 Å². The average Bonchev–Trinajstić information content (AvgIpc) is 2.55. The van der Waals surface area contributed by atoms with Crippen LogP contribution in [0.15, 0.2) is 24.3 Å². The molecule has 1 fully saturated rings. The summed E-state index contributed by atoms with van der Waals surface area (Å²) >= 11 is 0. The fourth-order valence-corrected chi connectivity index (χ4v) is 3.22. The van der Waals surface area contributed by atoms with E-state index in [-0.39, 0.29) is 0 Å². The van der Waals surface area contributed by atoms with Gasteiger partial charge in [-0.2, -0.15) is 0 Å². The Kier molecular flexibility index (Phi) is 6.52. The number of likely N-dealkylation sites (tertiary alicyclic amines) is 1. The monoisotopic (exact) mass is 289 g/mol. The number of rotatable bonds is 7. The van der Waals surface area contributed by atoms with Crippen LogP contribution in [0, 0.1) is 0 Å². The van der Waals surface area contributed by atoms with E-state index in [1.54, 1.807) is 0 Å². The van der Waals surface area contributed by atoms with Crippen molar-refractivity contribution >= 4 is 5.69 Å². The van der Waals surface area contributed by atoms with Crippen molar-refractivity contribution in [2.45, 2.75) is 45.7 Å². The van der Waals surface area contributed by atoms with Crippen LogP contribution in [0.3, 0.4) is 0 Å². The zero-order valence-electron chi connectivity index (χ0n) is 13.9. The summed E-state index contributed by atoms with van der Waals surface area (Å²) in [7, 11) is 2.27. The molecule has 1 aromatic carbocycles. The van der Waals surface area contributed by atoms with Crippen molar-refractivity contribution in [3.8, 4) is 0 Å². The van der Waals surface area contributed by atoms with Gasteiger partial charge in [0.1, 0.15) is 0 Å². The highest BCUT2D eigenvalue weighted by Crippen LogP contribution is 2.25. The zero-order chi connectivity index (χ0) is 15.1. The maximum absolute atomic E-state index is 3.53. The average molecular weight is 289 g/mol. The highest BCUT2D eigenvalue weighted by molar-refractivity contribution is 5.53. The molecule has 118 valence electrons. The lowest BCUT2D eigenvalue weighted by molar-refractivity contribution is 0.221. The van der Waals surface area contributed by atoms with Crippen LogP contribution in [-0.4, -0.2) is 44.2 Å². The molecule has 0 unspecified atom stereocenters. The Morgan fingerprint density at radius 2 is 1.90 bits per heavy atom. The lowest BCUT2D eigenvalue weighted by atomic mass is 10.0. The first kappa shape index (κ1) is 16.3. The first-order valence-electron chi connectivity index (χ1n) is 8.50. The SMILES string of the molecule is CCCNCc1ccccc1N(C)C1CCN(CC)CC1. The molecule has 1 saturated heterocycles. The molecule has 21 heavy (non-hydrogen) atoms. The third-order valence-electron chi connectivity index (χ3n) is 4.67. The first-order valence-corrected chi connectivity index (χ1v) is 8.50. The third kappa shape index (κ3) is 4.45. The minimum atomic E-state index is 0.681. The molecular formula is C18H31N3. The normalized spacial score (nSPS) is 17.1. The fourth-order valence-electron chi connectivity index (χ4n) is 3.22. The number of hydrogen-bond acceptors (Lipinski definition) is 3. The molecule has 1 aromatic rings. The van der Waals surface area contributed by atoms with E-state index in [0.717, 1.165) is 13.1 Å². The summed E-state index contributed by atoms with van der Waals surface area (Å²) in [5, 5.41) is 3.53. The van der Waals surface area contributed by atoms with Crippen molar-refractivity contribution in [3.63, 3.8) is 0 Å². The molecule has 0 aromatic heterocycles. The molecule has 0 aliphatic carbocycles. The Hall–Kier alpha value is -1.06. The predicted octanol–water partition coefficient (Wildman–Crippen LogP) is 3.11. The van der Waals surface area contributed by atoms with Gasteiger partial charge in [-0.15, -0.1) is 0 Å². The Morgan fingerprint density at radius 1 is 1.19 bits per heavy atom. The van der Waals surface area contributed by atoms with E-state index in [1.807, 2.05) is 0 Å². The molecule has 1 N–H and O–H groups in total. The van der Waals surface area contributed by atoms with Crippen molar-refractivity contribution in [3.05, 3.63) is 29.8 Å². The number of nitrogens with one attached hydrogen (secondary N) is 1. The van der Waals surface area contributed by atoms with E-state index in [2.05, 4.69) is 60.3 Å². The summed E-state index contributed by atoms with van der Waals surface area (Å²) in [5.41, 5.74) is 2.82. The van der Waals surface area contributed by atoms with Crippen LogP contribution in [0.4, 0.5) is 5.69 Å². The molecule has 0 spiro atoms. The number of nitrogens with zero attached hydrogens (tertiary/aromatic N) is 2. The van der Waals surface area contributed by atoms with Gasteiger partial charge in [0.15, 0.2) is 0 Å². The van der Waals surface area contributed by atoms with Gasteiger partial charge in [0, 0.05) is 38.4 Å². The van der Waals surface area contributed by atoms with Crippen LogP contribution in [0.25, 0.3) is 0 Å². The summed E-state index contributed by atoms with van der Waals surface area (Å²) in [6, 6.07) is 9.53. The Bertz CT molecular complexity index is 411. The summed E-state index contributed by atoms with van der Waals surface area (Å²) in [6.07, 6.45) is 3.75. The van der Waals surface area contributed by atoms with E-state index in [4.69, 9.17) is 0 Å². The Morgan fingerprint density at radius 3 is 2.57 bits per heavy atom. The second-order valence-electron chi connectivity index (χ2n) is 6.08. The minimum absolute atomic E-state index is 0.681. The van der Waals surface area contributed by atoms with Crippen LogP contribution in [0.5, 0.6) is 0 Å². The molecule has 1 heterocycles. The number of piperidine rings is 1. The molecule has 3 nitrogen and oxygen atoms in total. The standard InChI is InChI=1S/C18H31N3/c1-4-12-19-15-16-8-6-7-9-18(16)20(3)17-10-13-21(5-2)14-11-17/h6-9,17,19H,4-5,10-15H2,1-3H3. The Balaban J connectivity index is 2.00. The highest BCUT2D eigenvalue weighted by atomic mass is 15.2. The minimum Gasteiger partial charge on any atom is -0.371 e. The molecule has 0 saturated carbocycles. The topological polar surface area (TPSA) is 18.5 Å². The van der Waals surface area contributed by atoms with E-state index in [0.29, 0.717) is 6.04 Å².